The summed E-state index contributed by atoms with van der Waals surface area (Å²) in [5, 5.41) is 10.3. The summed E-state index contributed by atoms with van der Waals surface area (Å²) in [7, 11) is 0. The van der Waals surface area contributed by atoms with Crippen molar-refractivity contribution in [1.82, 2.24) is 5.32 Å². The smallest absolute Gasteiger partial charge is 0.221 e. The molecule has 3 N–H and O–H groups in total. The van der Waals surface area contributed by atoms with Gasteiger partial charge in [-0.15, -0.1) is 0 Å². The molecular formula is C19H22ClN3O2S. The highest BCUT2D eigenvalue weighted by atomic mass is 35.5. The number of nitrogens with one attached hydrogen (secondary N) is 3. The third-order valence-electron chi connectivity index (χ3n) is 3.47. The van der Waals surface area contributed by atoms with Gasteiger partial charge in [-0.25, -0.2) is 0 Å². The van der Waals surface area contributed by atoms with E-state index in [9.17, 15) is 4.79 Å². The Labute approximate surface area is 164 Å². The quantitative estimate of drug-likeness (QED) is 0.483. The summed E-state index contributed by atoms with van der Waals surface area (Å²) < 4.78 is 5.69. The minimum absolute atomic E-state index is 0.108. The van der Waals surface area contributed by atoms with Crippen LogP contribution >= 0.6 is 23.8 Å². The molecule has 138 valence electrons. The molecule has 0 unspecified atom stereocenters. The highest BCUT2D eigenvalue weighted by Gasteiger charge is 2.02. The van der Waals surface area contributed by atoms with Crippen LogP contribution in [0.3, 0.4) is 0 Å². The number of amides is 1. The number of aryl methyl sites for hydroxylation is 1. The standard InChI is InChI=1S/C19H22ClN3O2S/c1-13-11-15(20)7-8-18(13)23-19(26)21-9-4-10-25-17-6-3-5-16(12-17)22-14(2)24/h3,5-8,11-12H,4,9-10H2,1-2H3,(H,22,24)(H2,21,23,26). The van der Waals surface area contributed by atoms with Crippen LogP contribution in [0.2, 0.25) is 5.02 Å². The van der Waals surface area contributed by atoms with E-state index in [-0.39, 0.29) is 5.91 Å². The van der Waals surface area contributed by atoms with E-state index in [1.165, 1.54) is 6.92 Å². The zero-order chi connectivity index (χ0) is 18.9. The Hall–Kier alpha value is -2.31. The molecule has 1 amide bonds. The SMILES string of the molecule is CC(=O)Nc1cccc(OCCCNC(=S)Nc2ccc(Cl)cc2C)c1. The van der Waals surface area contributed by atoms with E-state index >= 15 is 0 Å². The Morgan fingerprint density at radius 2 is 2.00 bits per heavy atom. The Bertz CT molecular complexity index is 783. The summed E-state index contributed by atoms with van der Waals surface area (Å²) in [4.78, 5) is 11.1. The topological polar surface area (TPSA) is 62.4 Å². The van der Waals surface area contributed by atoms with Crippen molar-refractivity contribution in [2.45, 2.75) is 20.3 Å². The lowest BCUT2D eigenvalue weighted by molar-refractivity contribution is -0.114. The van der Waals surface area contributed by atoms with Crippen LogP contribution in [-0.2, 0) is 4.79 Å². The van der Waals surface area contributed by atoms with Gasteiger partial charge in [0, 0.05) is 35.9 Å². The Balaban J connectivity index is 1.68. The number of halogens is 1. The van der Waals surface area contributed by atoms with Gasteiger partial charge in [-0.2, -0.15) is 0 Å². The normalized spacial score (nSPS) is 10.1. The monoisotopic (exact) mass is 391 g/mol. The maximum atomic E-state index is 11.1. The van der Waals surface area contributed by atoms with Crippen molar-refractivity contribution < 1.29 is 9.53 Å². The average Bonchev–Trinajstić information content (AvgIpc) is 2.57. The lowest BCUT2D eigenvalue weighted by Crippen LogP contribution is -2.30. The molecule has 2 aromatic carbocycles. The first-order valence-electron chi connectivity index (χ1n) is 8.25. The van der Waals surface area contributed by atoms with Gasteiger partial charge in [0.05, 0.1) is 6.61 Å². The van der Waals surface area contributed by atoms with Gasteiger partial charge in [-0.1, -0.05) is 17.7 Å². The van der Waals surface area contributed by atoms with Gasteiger partial charge in [0.2, 0.25) is 5.91 Å². The van der Waals surface area contributed by atoms with Crippen LogP contribution in [-0.4, -0.2) is 24.2 Å². The van der Waals surface area contributed by atoms with Gasteiger partial charge in [0.15, 0.2) is 5.11 Å². The first-order chi connectivity index (χ1) is 12.4. The van der Waals surface area contributed by atoms with Gasteiger partial charge in [0.1, 0.15) is 5.75 Å². The highest BCUT2D eigenvalue weighted by Crippen LogP contribution is 2.19. The number of hydrogen-bond donors (Lipinski definition) is 3. The maximum Gasteiger partial charge on any atom is 0.221 e. The molecule has 0 aliphatic carbocycles. The number of benzene rings is 2. The van der Waals surface area contributed by atoms with Crippen LogP contribution in [0.5, 0.6) is 5.75 Å². The largest absolute Gasteiger partial charge is 0.493 e. The average molecular weight is 392 g/mol. The summed E-state index contributed by atoms with van der Waals surface area (Å²) in [5.41, 5.74) is 2.68. The van der Waals surface area contributed by atoms with E-state index in [0.717, 1.165) is 23.4 Å². The van der Waals surface area contributed by atoms with Gasteiger partial charge in [-0.05, 0) is 61.5 Å². The molecule has 26 heavy (non-hydrogen) atoms. The minimum Gasteiger partial charge on any atom is -0.493 e. The van der Waals surface area contributed by atoms with Crippen molar-refractivity contribution in [3.63, 3.8) is 0 Å². The van der Waals surface area contributed by atoms with Crippen LogP contribution in [0, 0.1) is 6.92 Å². The maximum absolute atomic E-state index is 11.1. The molecule has 0 atom stereocenters. The minimum atomic E-state index is -0.108. The molecule has 0 fully saturated rings. The van der Waals surface area contributed by atoms with E-state index < -0.39 is 0 Å². The number of anilines is 2. The number of ether oxygens (including phenoxy) is 1. The van der Waals surface area contributed by atoms with Crippen molar-refractivity contribution in [3.05, 3.63) is 53.1 Å². The third kappa shape index (κ3) is 6.90. The molecule has 2 rings (SSSR count). The summed E-state index contributed by atoms with van der Waals surface area (Å²) in [6.45, 7) is 4.67. The molecule has 0 bridgehead atoms. The van der Waals surface area contributed by atoms with Crippen LogP contribution in [0.4, 0.5) is 11.4 Å². The Kier molecular flexibility index (Phi) is 7.69. The number of carbonyl (C=O) groups is 1. The van der Waals surface area contributed by atoms with E-state index in [4.69, 9.17) is 28.6 Å². The fourth-order valence-electron chi connectivity index (χ4n) is 2.26. The molecule has 0 aromatic heterocycles. The van der Waals surface area contributed by atoms with Crippen LogP contribution in [0.1, 0.15) is 18.9 Å². The molecule has 5 nitrogen and oxygen atoms in total. The molecule has 0 saturated carbocycles. The van der Waals surface area contributed by atoms with E-state index in [2.05, 4.69) is 16.0 Å². The predicted molar refractivity (Wildman–Crippen MR) is 111 cm³/mol. The fourth-order valence-corrected chi connectivity index (χ4v) is 2.70. The Morgan fingerprint density at radius 3 is 2.73 bits per heavy atom. The molecule has 2 aromatic rings. The molecule has 0 spiro atoms. The van der Waals surface area contributed by atoms with Crippen molar-refractivity contribution in [2.24, 2.45) is 0 Å². The lowest BCUT2D eigenvalue weighted by atomic mass is 10.2. The number of carbonyl (C=O) groups excluding carboxylic acids is 1. The number of rotatable bonds is 7. The highest BCUT2D eigenvalue weighted by molar-refractivity contribution is 7.80. The second-order valence-corrected chi connectivity index (χ2v) is 6.60. The molecule has 0 heterocycles. The van der Waals surface area contributed by atoms with Gasteiger partial charge in [-0.3, -0.25) is 4.79 Å². The summed E-state index contributed by atoms with van der Waals surface area (Å²) >= 11 is 11.2. The zero-order valence-corrected chi connectivity index (χ0v) is 16.3. The van der Waals surface area contributed by atoms with Crippen molar-refractivity contribution in [2.75, 3.05) is 23.8 Å². The van der Waals surface area contributed by atoms with Crippen LogP contribution in [0.15, 0.2) is 42.5 Å². The summed E-state index contributed by atoms with van der Waals surface area (Å²) in [5.74, 6) is 0.608. The molecule has 0 radical (unpaired) electrons. The third-order valence-corrected chi connectivity index (χ3v) is 3.95. The second kappa shape index (κ2) is 9.99. The molecular weight excluding hydrogens is 370 g/mol. The van der Waals surface area contributed by atoms with E-state index in [1.54, 1.807) is 6.07 Å². The Morgan fingerprint density at radius 1 is 1.19 bits per heavy atom. The van der Waals surface area contributed by atoms with Gasteiger partial charge >= 0.3 is 0 Å². The lowest BCUT2D eigenvalue weighted by Gasteiger charge is -2.13. The first kappa shape index (κ1) is 20.0. The van der Waals surface area contributed by atoms with Crippen molar-refractivity contribution in [1.29, 1.82) is 0 Å². The second-order valence-electron chi connectivity index (χ2n) is 5.75. The summed E-state index contributed by atoms with van der Waals surface area (Å²) in [6, 6.07) is 12.9. The summed E-state index contributed by atoms with van der Waals surface area (Å²) in [6.07, 6.45) is 0.784. The molecule has 0 saturated heterocycles. The number of hydrogen-bond acceptors (Lipinski definition) is 3. The first-order valence-corrected chi connectivity index (χ1v) is 9.04. The molecule has 7 heteroatoms. The zero-order valence-electron chi connectivity index (χ0n) is 14.8. The van der Waals surface area contributed by atoms with Crippen molar-refractivity contribution >= 4 is 46.2 Å². The van der Waals surface area contributed by atoms with E-state index in [1.807, 2.05) is 43.3 Å². The van der Waals surface area contributed by atoms with Gasteiger partial charge < -0.3 is 20.7 Å². The number of thiocarbonyl (C=S) groups is 1. The van der Waals surface area contributed by atoms with Crippen LogP contribution in [0.25, 0.3) is 0 Å². The predicted octanol–water partition coefficient (Wildman–Crippen LogP) is 4.36. The van der Waals surface area contributed by atoms with Gasteiger partial charge in [0.25, 0.3) is 0 Å². The van der Waals surface area contributed by atoms with Crippen LogP contribution < -0.4 is 20.7 Å². The van der Waals surface area contributed by atoms with Crippen molar-refractivity contribution in [3.8, 4) is 5.75 Å². The van der Waals surface area contributed by atoms with E-state index in [0.29, 0.717) is 29.0 Å². The molecule has 0 aliphatic rings. The fraction of sp³-hybridized carbons (Fsp3) is 0.263. The molecule has 0 aliphatic heterocycles.